The summed E-state index contributed by atoms with van der Waals surface area (Å²) in [6.45, 7) is 3.08. The molecule has 2 aliphatic rings. The second-order valence-corrected chi connectivity index (χ2v) is 4.30. The maximum absolute atomic E-state index is 10.8. The minimum atomic E-state index is 0.129. The Balaban J connectivity index is 1.91. The van der Waals surface area contributed by atoms with Crippen LogP contribution in [-0.4, -0.2) is 48.0 Å². The van der Waals surface area contributed by atoms with Crippen LogP contribution >= 0.6 is 0 Å². The molecule has 14 heavy (non-hydrogen) atoms. The van der Waals surface area contributed by atoms with Crippen molar-refractivity contribution in [3.8, 4) is 0 Å². The van der Waals surface area contributed by atoms with Crippen LogP contribution in [0.1, 0.15) is 25.7 Å². The third kappa shape index (κ3) is 1.97. The second-order valence-electron chi connectivity index (χ2n) is 4.30. The maximum atomic E-state index is 10.8. The van der Waals surface area contributed by atoms with Crippen LogP contribution in [0.15, 0.2) is 0 Å². The van der Waals surface area contributed by atoms with Crippen LogP contribution in [0.5, 0.6) is 0 Å². The summed E-state index contributed by atoms with van der Waals surface area (Å²) >= 11 is 0. The number of piperidine rings is 1. The molecule has 0 unspecified atom stereocenters. The molecule has 4 nitrogen and oxygen atoms in total. The van der Waals surface area contributed by atoms with Crippen LogP contribution < -0.4 is 5.73 Å². The number of hydrogen-bond acceptors (Lipinski definition) is 4. The van der Waals surface area contributed by atoms with Crippen molar-refractivity contribution in [2.24, 2.45) is 5.73 Å². The zero-order valence-corrected chi connectivity index (χ0v) is 8.56. The molecule has 2 N–H and O–H groups in total. The maximum Gasteiger partial charge on any atom is 0.138 e. The largest absolute Gasteiger partial charge is 0.328 e. The Morgan fingerprint density at radius 1 is 1.14 bits per heavy atom. The van der Waals surface area contributed by atoms with Gasteiger partial charge in [-0.15, -0.1) is 0 Å². The van der Waals surface area contributed by atoms with Gasteiger partial charge in [0.1, 0.15) is 6.29 Å². The van der Waals surface area contributed by atoms with E-state index < -0.39 is 0 Å². The molecule has 2 aliphatic heterocycles. The third-order valence-corrected chi connectivity index (χ3v) is 3.31. The summed E-state index contributed by atoms with van der Waals surface area (Å²) in [7, 11) is 0. The van der Waals surface area contributed by atoms with Crippen molar-refractivity contribution in [1.82, 2.24) is 10.0 Å². The summed E-state index contributed by atoms with van der Waals surface area (Å²) in [5.74, 6) is 0. The first-order chi connectivity index (χ1) is 6.81. The van der Waals surface area contributed by atoms with Gasteiger partial charge in [-0.25, -0.2) is 10.0 Å². The molecule has 0 amide bonds. The van der Waals surface area contributed by atoms with Gasteiger partial charge in [0.25, 0.3) is 0 Å². The molecule has 0 saturated carbocycles. The standard InChI is InChI=1S/C10H19N3O/c11-9-3-6-12(7-4-9)13-5-1-2-10(13)8-14/h8-10H,1-7,11H2/t10-/m0/s1. The van der Waals surface area contributed by atoms with E-state index in [4.69, 9.17) is 5.73 Å². The van der Waals surface area contributed by atoms with E-state index in [1.807, 2.05) is 0 Å². The van der Waals surface area contributed by atoms with Gasteiger partial charge >= 0.3 is 0 Å². The van der Waals surface area contributed by atoms with Gasteiger partial charge in [0.05, 0.1) is 6.04 Å². The fraction of sp³-hybridized carbons (Fsp3) is 0.900. The highest BCUT2D eigenvalue weighted by atomic mass is 16.1. The van der Waals surface area contributed by atoms with E-state index in [2.05, 4.69) is 10.0 Å². The summed E-state index contributed by atoms with van der Waals surface area (Å²) in [5.41, 5.74) is 5.85. The Hall–Kier alpha value is -0.450. The zero-order chi connectivity index (χ0) is 9.97. The molecule has 0 aliphatic carbocycles. The molecular formula is C10H19N3O. The minimum absolute atomic E-state index is 0.129. The third-order valence-electron chi connectivity index (χ3n) is 3.31. The van der Waals surface area contributed by atoms with E-state index >= 15 is 0 Å². The lowest BCUT2D eigenvalue weighted by Crippen LogP contribution is -2.51. The molecule has 2 saturated heterocycles. The highest BCUT2D eigenvalue weighted by Crippen LogP contribution is 2.21. The number of carbonyl (C=O) groups is 1. The van der Waals surface area contributed by atoms with Crippen molar-refractivity contribution < 1.29 is 4.79 Å². The average Bonchev–Trinajstić information content (AvgIpc) is 2.67. The molecule has 0 radical (unpaired) electrons. The van der Waals surface area contributed by atoms with Gasteiger partial charge in [-0.3, -0.25) is 0 Å². The summed E-state index contributed by atoms with van der Waals surface area (Å²) in [4.78, 5) is 10.8. The van der Waals surface area contributed by atoms with E-state index in [9.17, 15) is 4.79 Å². The lowest BCUT2D eigenvalue weighted by molar-refractivity contribution is -0.120. The highest BCUT2D eigenvalue weighted by molar-refractivity contribution is 5.57. The molecular weight excluding hydrogens is 178 g/mol. The molecule has 1 atom stereocenters. The van der Waals surface area contributed by atoms with Crippen molar-refractivity contribution >= 4 is 6.29 Å². The van der Waals surface area contributed by atoms with Crippen LogP contribution in [0.4, 0.5) is 0 Å². The number of nitrogens with zero attached hydrogens (tertiary/aromatic N) is 2. The first-order valence-electron chi connectivity index (χ1n) is 5.53. The van der Waals surface area contributed by atoms with Crippen LogP contribution in [0, 0.1) is 0 Å². The van der Waals surface area contributed by atoms with Crippen molar-refractivity contribution in [2.45, 2.75) is 37.8 Å². The Labute approximate surface area is 85.0 Å². The van der Waals surface area contributed by atoms with Crippen LogP contribution in [0.25, 0.3) is 0 Å². The van der Waals surface area contributed by atoms with Gasteiger partial charge in [-0.2, -0.15) is 0 Å². The molecule has 0 spiro atoms. The second kappa shape index (κ2) is 4.38. The summed E-state index contributed by atoms with van der Waals surface area (Å²) in [5, 5.41) is 4.55. The fourth-order valence-electron chi connectivity index (χ4n) is 2.41. The van der Waals surface area contributed by atoms with Crippen molar-refractivity contribution in [1.29, 1.82) is 0 Å². The van der Waals surface area contributed by atoms with E-state index in [0.29, 0.717) is 6.04 Å². The van der Waals surface area contributed by atoms with E-state index in [1.165, 1.54) is 0 Å². The number of aldehydes is 1. The molecule has 2 heterocycles. The Morgan fingerprint density at radius 2 is 1.86 bits per heavy atom. The van der Waals surface area contributed by atoms with Crippen LogP contribution in [-0.2, 0) is 4.79 Å². The van der Waals surface area contributed by atoms with Crippen molar-refractivity contribution in [3.05, 3.63) is 0 Å². The lowest BCUT2D eigenvalue weighted by atomic mass is 10.1. The van der Waals surface area contributed by atoms with Gasteiger partial charge in [-0.1, -0.05) is 0 Å². The summed E-state index contributed by atoms with van der Waals surface area (Å²) in [6.07, 6.45) is 5.36. The monoisotopic (exact) mass is 197 g/mol. The Bertz CT molecular complexity index is 202. The number of carbonyl (C=O) groups excluding carboxylic acids is 1. The molecule has 2 rings (SSSR count). The van der Waals surface area contributed by atoms with Crippen molar-refractivity contribution in [2.75, 3.05) is 19.6 Å². The predicted octanol–water partition coefficient (Wildman–Crippen LogP) is -0.0122. The fourth-order valence-corrected chi connectivity index (χ4v) is 2.41. The zero-order valence-electron chi connectivity index (χ0n) is 8.56. The van der Waals surface area contributed by atoms with E-state index in [0.717, 1.165) is 51.6 Å². The molecule has 2 fully saturated rings. The van der Waals surface area contributed by atoms with Crippen molar-refractivity contribution in [3.63, 3.8) is 0 Å². The molecule has 0 bridgehead atoms. The number of nitrogens with two attached hydrogens (primary N) is 1. The van der Waals surface area contributed by atoms with Gasteiger partial charge < -0.3 is 10.5 Å². The van der Waals surface area contributed by atoms with Gasteiger partial charge in [0, 0.05) is 25.7 Å². The van der Waals surface area contributed by atoms with E-state index in [-0.39, 0.29) is 6.04 Å². The molecule has 0 aromatic carbocycles. The molecule has 0 aromatic heterocycles. The molecule has 0 aromatic rings. The normalized spacial score (nSPS) is 32.2. The average molecular weight is 197 g/mol. The Kier molecular flexibility index (Phi) is 3.15. The minimum Gasteiger partial charge on any atom is -0.328 e. The van der Waals surface area contributed by atoms with Gasteiger partial charge in [-0.05, 0) is 25.7 Å². The predicted molar refractivity (Wildman–Crippen MR) is 54.6 cm³/mol. The first-order valence-corrected chi connectivity index (χ1v) is 5.53. The van der Waals surface area contributed by atoms with Gasteiger partial charge in [0.2, 0.25) is 0 Å². The van der Waals surface area contributed by atoms with E-state index in [1.54, 1.807) is 0 Å². The highest BCUT2D eigenvalue weighted by Gasteiger charge is 2.30. The topological polar surface area (TPSA) is 49.6 Å². The van der Waals surface area contributed by atoms with Gasteiger partial charge in [0.15, 0.2) is 0 Å². The quantitative estimate of drug-likeness (QED) is 0.632. The SMILES string of the molecule is NC1CCN(N2CCC[C@H]2C=O)CC1. The number of hydrazine groups is 1. The van der Waals surface area contributed by atoms with Crippen LogP contribution in [0.2, 0.25) is 0 Å². The van der Waals surface area contributed by atoms with Crippen LogP contribution in [0.3, 0.4) is 0 Å². The summed E-state index contributed by atoms with van der Waals surface area (Å²) in [6, 6.07) is 0.493. The first kappa shape index (κ1) is 10.1. The number of rotatable bonds is 2. The Morgan fingerprint density at radius 3 is 2.50 bits per heavy atom. The molecule has 80 valence electrons. The molecule has 4 heteroatoms. The number of hydrogen-bond donors (Lipinski definition) is 1. The smallest absolute Gasteiger partial charge is 0.138 e. The lowest BCUT2D eigenvalue weighted by Gasteiger charge is -2.38. The summed E-state index contributed by atoms with van der Waals surface area (Å²) < 4.78 is 0.